The predicted molar refractivity (Wildman–Crippen MR) is 35.3 cm³/mol. The summed E-state index contributed by atoms with van der Waals surface area (Å²) in [4.78, 5) is 10.5. The first-order chi connectivity index (χ1) is 4.66. The Bertz CT molecular complexity index is 152. The molecule has 10 heavy (non-hydrogen) atoms. The van der Waals surface area contributed by atoms with Crippen LogP contribution in [0.25, 0.3) is 0 Å². The number of aliphatic hydroxyl groups is 1. The van der Waals surface area contributed by atoms with Gasteiger partial charge in [-0.3, -0.25) is 4.79 Å². The minimum absolute atomic E-state index is 0.0509. The van der Waals surface area contributed by atoms with Crippen molar-refractivity contribution in [1.29, 1.82) is 0 Å². The van der Waals surface area contributed by atoms with Gasteiger partial charge in [-0.05, 0) is 6.42 Å². The van der Waals surface area contributed by atoms with Crippen molar-refractivity contribution in [2.45, 2.75) is 18.4 Å². The van der Waals surface area contributed by atoms with Gasteiger partial charge in [0.25, 0.3) is 0 Å². The summed E-state index contributed by atoms with van der Waals surface area (Å²) in [6.07, 6.45) is 2.12. The lowest BCUT2D eigenvalue weighted by molar-refractivity contribution is -0.157. The Labute approximate surface area is 59.3 Å². The molecule has 1 aliphatic heterocycles. The quantitative estimate of drug-likeness (QED) is 0.421. The molecule has 1 rings (SSSR count). The highest BCUT2D eigenvalue weighted by atomic mass is 16.5. The molecule has 0 aromatic rings. The van der Waals surface area contributed by atoms with Gasteiger partial charge in [-0.1, -0.05) is 6.08 Å². The molecule has 1 saturated heterocycles. The standard InChI is InChI=1S/C7H10O3/c1-2-7(9)4-3-6(8)10-5-7/h2,9H,1,3-5H2. The molecular weight excluding hydrogens is 132 g/mol. The lowest BCUT2D eigenvalue weighted by atomic mass is 9.97. The van der Waals surface area contributed by atoms with Crippen molar-refractivity contribution >= 4 is 5.97 Å². The molecule has 1 heterocycles. The van der Waals surface area contributed by atoms with E-state index in [1.807, 2.05) is 0 Å². The van der Waals surface area contributed by atoms with Crippen LogP contribution in [0, 0.1) is 0 Å². The predicted octanol–water partition coefficient (Wildman–Crippen LogP) is 0.240. The van der Waals surface area contributed by atoms with Crippen molar-refractivity contribution < 1.29 is 14.6 Å². The van der Waals surface area contributed by atoms with Gasteiger partial charge in [-0.15, -0.1) is 6.58 Å². The second-order valence-corrected chi connectivity index (χ2v) is 2.47. The van der Waals surface area contributed by atoms with Crippen LogP contribution in [0.15, 0.2) is 12.7 Å². The number of cyclic esters (lactones) is 1. The van der Waals surface area contributed by atoms with Gasteiger partial charge in [-0.25, -0.2) is 0 Å². The van der Waals surface area contributed by atoms with Crippen LogP contribution in [-0.2, 0) is 9.53 Å². The number of hydrogen-bond acceptors (Lipinski definition) is 3. The van der Waals surface area contributed by atoms with E-state index in [2.05, 4.69) is 11.3 Å². The molecule has 0 aromatic carbocycles. The van der Waals surface area contributed by atoms with Crippen molar-refractivity contribution in [1.82, 2.24) is 0 Å². The second-order valence-electron chi connectivity index (χ2n) is 2.47. The summed E-state index contributed by atoms with van der Waals surface area (Å²) in [6.45, 7) is 3.49. The molecule has 56 valence electrons. The average Bonchev–Trinajstić information content (AvgIpc) is 1.96. The Morgan fingerprint density at radius 1 is 1.80 bits per heavy atom. The third-order valence-corrected chi connectivity index (χ3v) is 1.63. The maximum absolute atomic E-state index is 10.5. The molecule has 1 fully saturated rings. The smallest absolute Gasteiger partial charge is 0.306 e. The molecule has 0 bridgehead atoms. The van der Waals surface area contributed by atoms with E-state index in [-0.39, 0.29) is 19.0 Å². The van der Waals surface area contributed by atoms with E-state index >= 15 is 0 Å². The summed E-state index contributed by atoms with van der Waals surface area (Å²) in [5.74, 6) is -0.244. The van der Waals surface area contributed by atoms with Crippen LogP contribution in [0.3, 0.4) is 0 Å². The molecule has 3 heteroatoms. The molecule has 0 amide bonds. The van der Waals surface area contributed by atoms with Crippen LogP contribution in [-0.4, -0.2) is 23.3 Å². The minimum atomic E-state index is -0.978. The normalized spacial score (nSPS) is 33.1. The number of hydrogen-bond donors (Lipinski definition) is 1. The van der Waals surface area contributed by atoms with Gasteiger partial charge in [0.15, 0.2) is 0 Å². The highest BCUT2D eigenvalue weighted by molar-refractivity contribution is 5.70. The van der Waals surface area contributed by atoms with Crippen LogP contribution < -0.4 is 0 Å². The fourth-order valence-electron chi connectivity index (χ4n) is 0.829. The largest absolute Gasteiger partial charge is 0.462 e. The lowest BCUT2D eigenvalue weighted by Gasteiger charge is -2.27. The maximum Gasteiger partial charge on any atom is 0.306 e. The van der Waals surface area contributed by atoms with Gasteiger partial charge < -0.3 is 9.84 Å². The molecule has 1 unspecified atom stereocenters. The van der Waals surface area contributed by atoms with Crippen molar-refractivity contribution in [3.8, 4) is 0 Å². The van der Waals surface area contributed by atoms with E-state index in [0.717, 1.165) is 0 Å². The molecule has 0 aliphatic carbocycles. The first-order valence-corrected chi connectivity index (χ1v) is 3.18. The second kappa shape index (κ2) is 2.42. The Hall–Kier alpha value is -0.830. The molecule has 1 N–H and O–H groups in total. The summed E-state index contributed by atoms with van der Waals surface area (Å²) >= 11 is 0. The van der Waals surface area contributed by atoms with Gasteiger partial charge in [0.05, 0.1) is 0 Å². The SMILES string of the molecule is C=CC1(O)CCC(=O)OC1. The highest BCUT2D eigenvalue weighted by Gasteiger charge is 2.30. The van der Waals surface area contributed by atoms with Gasteiger partial charge in [0.2, 0.25) is 0 Å². The number of ether oxygens (including phenoxy) is 1. The van der Waals surface area contributed by atoms with Crippen molar-refractivity contribution in [2.75, 3.05) is 6.61 Å². The van der Waals surface area contributed by atoms with E-state index < -0.39 is 5.60 Å². The molecule has 0 spiro atoms. The van der Waals surface area contributed by atoms with Gasteiger partial charge in [0, 0.05) is 6.42 Å². The molecule has 1 atom stereocenters. The fraction of sp³-hybridized carbons (Fsp3) is 0.571. The van der Waals surface area contributed by atoms with Crippen LogP contribution in [0.1, 0.15) is 12.8 Å². The van der Waals surface area contributed by atoms with E-state index in [1.165, 1.54) is 6.08 Å². The average molecular weight is 142 g/mol. The van der Waals surface area contributed by atoms with Crippen LogP contribution >= 0.6 is 0 Å². The van der Waals surface area contributed by atoms with E-state index in [9.17, 15) is 9.90 Å². The molecule has 3 nitrogen and oxygen atoms in total. The van der Waals surface area contributed by atoms with Crippen LogP contribution in [0.2, 0.25) is 0 Å². The fourth-order valence-corrected chi connectivity index (χ4v) is 0.829. The Morgan fingerprint density at radius 3 is 2.90 bits per heavy atom. The van der Waals surface area contributed by atoms with Crippen molar-refractivity contribution in [2.24, 2.45) is 0 Å². The Balaban J connectivity index is 2.53. The first-order valence-electron chi connectivity index (χ1n) is 3.18. The van der Waals surface area contributed by atoms with Crippen LogP contribution in [0.4, 0.5) is 0 Å². The van der Waals surface area contributed by atoms with Gasteiger partial charge >= 0.3 is 5.97 Å². The number of carbonyl (C=O) groups excluding carboxylic acids is 1. The van der Waals surface area contributed by atoms with Gasteiger partial charge in [-0.2, -0.15) is 0 Å². The molecule has 1 aliphatic rings. The number of rotatable bonds is 1. The van der Waals surface area contributed by atoms with Gasteiger partial charge in [0.1, 0.15) is 12.2 Å². The maximum atomic E-state index is 10.5. The Morgan fingerprint density at radius 2 is 2.50 bits per heavy atom. The van der Waals surface area contributed by atoms with Crippen LogP contribution in [0.5, 0.6) is 0 Å². The third-order valence-electron chi connectivity index (χ3n) is 1.63. The molecule has 0 radical (unpaired) electrons. The monoisotopic (exact) mass is 142 g/mol. The molecule has 0 aromatic heterocycles. The number of carbonyl (C=O) groups is 1. The summed E-state index contributed by atoms with van der Waals surface area (Å²) in [5, 5.41) is 9.40. The van der Waals surface area contributed by atoms with E-state index in [1.54, 1.807) is 0 Å². The lowest BCUT2D eigenvalue weighted by Crippen LogP contribution is -2.38. The molecule has 0 saturated carbocycles. The first kappa shape index (κ1) is 7.28. The summed E-state index contributed by atoms with van der Waals surface area (Å²) in [5.41, 5.74) is -0.978. The third kappa shape index (κ3) is 1.36. The topological polar surface area (TPSA) is 46.5 Å². The molecular formula is C7H10O3. The summed E-state index contributed by atoms with van der Waals surface area (Å²) < 4.78 is 4.62. The minimum Gasteiger partial charge on any atom is -0.462 e. The van der Waals surface area contributed by atoms with Crippen molar-refractivity contribution in [3.63, 3.8) is 0 Å². The highest BCUT2D eigenvalue weighted by Crippen LogP contribution is 2.19. The zero-order chi connectivity index (χ0) is 7.61. The van der Waals surface area contributed by atoms with Crippen molar-refractivity contribution in [3.05, 3.63) is 12.7 Å². The summed E-state index contributed by atoms with van der Waals surface area (Å²) in [6, 6.07) is 0. The summed E-state index contributed by atoms with van der Waals surface area (Å²) in [7, 11) is 0. The zero-order valence-corrected chi connectivity index (χ0v) is 5.67. The van der Waals surface area contributed by atoms with E-state index in [0.29, 0.717) is 6.42 Å². The Kier molecular flexibility index (Phi) is 1.76. The number of esters is 1. The van der Waals surface area contributed by atoms with E-state index in [4.69, 9.17) is 0 Å². The zero-order valence-electron chi connectivity index (χ0n) is 5.67.